The topological polar surface area (TPSA) is 119 Å². The summed E-state index contributed by atoms with van der Waals surface area (Å²) in [4.78, 5) is 22.1. The Bertz CT molecular complexity index is 1720. The van der Waals surface area contributed by atoms with Crippen molar-refractivity contribution in [1.29, 1.82) is 0 Å². The average molecular weight is 791 g/mol. The molecule has 3 aliphatic rings. The van der Waals surface area contributed by atoms with Gasteiger partial charge >= 0.3 is 6.09 Å². The second-order valence-corrected chi connectivity index (χ2v) is 16.2. The number of ether oxygens (including phenoxy) is 4. The van der Waals surface area contributed by atoms with Crippen molar-refractivity contribution in [1.82, 2.24) is 4.90 Å². The first kappa shape index (κ1) is 43.9. The van der Waals surface area contributed by atoms with E-state index in [-0.39, 0.29) is 63.0 Å². The number of rotatable bonds is 21. The minimum Gasteiger partial charge on any atom is -0.489 e. The number of oxime groups is 1. The molecule has 2 aliphatic carbocycles. The zero-order valence-electron chi connectivity index (χ0n) is 34.3. The van der Waals surface area contributed by atoms with Crippen molar-refractivity contribution >= 4 is 11.8 Å². The Balaban J connectivity index is 1.76. The van der Waals surface area contributed by atoms with Crippen LogP contribution in [0.2, 0.25) is 0 Å². The van der Waals surface area contributed by atoms with Gasteiger partial charge in [-0.1, -0.05) is 61.3 Å². The molecule has 2 aromatic rings. The molecule has 6 unspecified atom stereocenters. The minimum absolute atomic E-state index is 0.0443. The van der Waals surface area contributed by atoms with Crippen LogP contribution in [0, 0.1) is 23.6 Å². The summed E-state index contributed by atoms with van der Waals surface area (Å²) in [6, 6.07) is 11.6. The van der Waals surface area contributed by atoms with Gasteiger partial charge in [0.1, 0.15) is 35.6 Å². The van der Waals surface area contributed by atoms with Gasteiger partial charge in [0.05, 0.1) is 24.8 Å². The molecule has 0 spiro atoms. The molecule has 10 nitrogen and oxygen atoms in total. The molecule has 0 radical (unpaired) electrons. The number of carbonyl (C=O) groups is 1. The van der Waals surface area contributed by atoms with Gasteiger partial charge in [-0.15, -0.1) is 13.2 Å². The standard InChI is InChI=1S/C46H63FN2O8/c1-7-10-27-53-44(52)49(23-8-2)41-30-39(48-57-45(4,5)6)36-28-32(17-13-15-24-50)35(19-14-16-25-51)42-37-29-34(54-31-33-18-11-12-20-38(33)47)21-22-40(37)56-46(41,43(36)42)55-26-9-3/h7,9,11-12,18,20-22,28-29,32,35,41-43,50-51H,1,3,8,10,13-17,19,23-27,30-31H2,2,4-6H3. The minimum atomic E-state index is -1.40. The van der Waals surface area contributed by atoms with E-state index in [4.69, 9.17) is 28.9 Å². The number of halogens is 1. The van der Waals surface area contributed by atoms with Gasteiger partial charge in [0.15, 0.2) is 0 Å². The van der Waals surface area contributed by atoms with E-state index < -0.39 is 29.4 Å². The first-order valence-electron chi connectivity index (χ1n) is 20.7. The number of amides is 1. The van der Waals surface area contributed by atoms with Crippen molar-refractivity contribution in [3.05, 3.63) is 96.4 Å². The number of carbonyl (C=O) groups excluding carboxylic acids is 1. The predicted octanol–water partition coefficient (Wildman–Crippen LogP) is 9.26. The van der Waals surface area contributed by atoms with Gasteiger partial charge in [-0.2, -0.15) is 0 Å². The van der Waals surface area contributed by atoms with Crippen LogP contribution in [0.25, 0.3) is 0 Å². The van der Waals surface area contributed by atoms with Crippen molar-refractivity contribution < 1.29 is 43.2 Å². The van der Waals surface area contributed by atoms with Gasteiger partial charge in [0.25, 0.3) is 0 Å². The van der Waals surface area contributed by atoms with Crippen molar-refractivity contribution in [2.24, 2.45) is 22.9 Å². The summed E-state index contributed by atoms with van der Waals surface area (Å²) in [6.45, 7) is 16.6. The number of aliphatic hydroxyl groups is 2. The third-order valence-electron chi connectivity index (χ3n) is 11.0. The van der Waals surface area contributed by atoms with Crippen molar-refractivity contribution in [2.45, 2.75) is 115 Å². The Labute approximate surface area is 338 Å². The number of benzene rings is 2. The van der Waals surface area contributed by atoms with E-state index in [1.807, 2.05) is 45.9 Å². The van der Waals surface area contributed by atoms with Crippen molar-refractivity contribution in [3.8, 4) is 11.5 Å². The zero-order valence-corrected chi connectivity index (χ0v) is 34.3. The van der Waals surface area contributed by atoms with E-state index in [0.29, 0.717) is 55.0 Å². The van der Waals surface area contributed by atoms with Crippen LogP contribution in [0.15, 0.2) is 84.6 Å². The lowest BCUT2D eigenvalue weighted by atomic mass is 9.55. The van der Waals surface area contributed by atoms with Gasteiger partial charge in [0, 0.05) is 43.2 Å². The van der Waals surface area contributed by atoms with E-state index >= 15 is 0 Å². The molecule has 11 heteroatoms. The molecule has 0 saturated heterocycles. The third kappa shape index (κ3) is 10.5. The van der Waals surface area contributed by atoms with Crippen LogP contribution in [0.5, 0.6) is 11.5 Å². The lowest BCUT2D eigenvalue weighted by molar-refractivity contribution is -0.255. The summed E-state index contributed by atoms with van der Waals surface area (Å²) in [5.74, 6) is -1.14. The fourth-order valence-electron chi connectivity index (χ4n) is 8.63. The average Bonchev–Trinajstić information content (AvgIpc) is 3.19. The lowest BCUT2D eigenvalue weighted by Gasteiger charge is -2.60. The molecule has 0 aromatic heterocycles. The highest BCUT2D eigenvalue weighted by Gasteiger charge is 2.65. The quantitative estimate of drug-likeness (QED) is 0.0730. The summed E-state index contributed by atoms with van der Waals surface area (Å²) < 4.78 is 41.1. The maximum Gasteiger partial charge on any atom is 0.410 e. The first-order chi connectivity index (χ1) is 27.5. The fourth-order valence-corrected chi connectivity index (χ4v) is 8.63. The second-order valence-electron chi connectivity index (χ2n) is 16.2. The zero-order chi connectivity index (χ0) is 41.0. The number of unbranched alkanes of at least 4 members (excludes halogenated alkanes) is 2. The number of fused-ring (bicyclic) bond motifs is 2. The molecule has 312 valence electrons. The highest BCUT2D eigenvalue weighted by atomic mass is 19.1. The highest BCUT2D eigenvalue weighted by Crippen LogP contribution is 2.62. The van der Waals surface area contributed by atoms with E-state index in [9.17, 15) is 19.4 Å². The van der Waals surface area contributed by atoms with Crippen molar-refractivity contribution in [3.63, 3.8) is 0 Å². The molecule has 1 aliphatic heterocycles. The third-order valence-corrected chi connectivity index (χ3v) is 11.0. The smallest absolute Gasteiger partial charge is 0.410 e. The van der Waals surface area contributed by atoms with E-state index in [1.165, 1.54) is 6.07 Å². The monoisotopic (exact) mass is 790 g/mol. The van der Waals surface area contributed by atoms with Crippen LogP contribution in [-0.2, 0) is 20.9 Å². The highest BCUT2D eigenvalue weighted by molar-refractivity contribution is 6.03. The molecule has 2 aromatic carbocycles. The molecule has 5 rings (SSSR count). The van der Waals surface area contributed by atoms with E-state index in [2.05, 4.69) is 19.2 Å². The fraction of sp³-hybridized carbons (Fsp3) is 0.565. The van der Waals surface area contributed by atoms with Crippen LogP contribution in [0.3, 0.4) is 0 Å². The summed E-state index contributed by atoms with van der Waals surface area (Å²) in [6.07, 6.45) is 11.2. The first-order valence-corrected chi connectivity index (χ1v) is 20.7. The van der Waals surface area contributed by atoms with Crippen LogP contribution >= 0.6 is 0 Å². The van der Waals surface area contributed by atoms with Crippen LogP contribution in [0.1, 0.15) is 103 Å². The Morgan fingerprint density at radius 1 is 1.07 bits per heavy atom. The molecule has 57 heavy (non-hydrogen) atoms. The number of nitrogens with zero attached hydrogens (tertiary/aromatic N) is 2. The molecular formula is C46H63FN2O8. The van der Waals surface area contributed by atoms with Crippen LogP contribution in [-0.4, -0.2) is 77.3 Å². The number of hydrogen-bond donors (Lipinski definition) is 2. The number of aliphatic hydroxyl groups excluding tert-OH is 2. The summed E-state index contributed by atoms with van der Waals surface area (Å²) in [5.41, 5.74) is 2.43. The van der Waals surface area contributed by atoms with Crippen LogP contribution < -0.4 is 9.47 Å². The summed E-state index contributed by atoms with van der Waals surface area (Å²) in [5, 5.41) is 24.6. The molecule has 0 bridgehead atoms. The Morgan fingerprint density at radius 2 is 1.82 bits per heavy atom. The van der Waals surface area contributed by atoms with E-state index in [0.717, 1.165) is 36.8 Å². The predicted molar refractivity (Wildman–Crippen MR) is 220 cm³/mol. The Kier molecular flexibility index (Phi) is 15.8. The second kappa shape index (κ2) is 20.5. The maximum absolute atomic E-state index is 14.7. The summed E-state index contributed by atoms with van der Waals surface area (Å²) in [7, 11) is 0. The number of hydrogen-bond acceptors (Lipinski definition) is 9. The molecule has 6 atom stereocenters. The SMILES string of the molecule is C=CCCOC(=O)N(CCC)C1CC(=NOC(C)(C)C)C2=CC(CCCCO)C(CCCCO)C3c4cc(OCc5ccccc5F)ccc4OC1(OCC=C)C23. The van der Waals surface area contributed by atoms with Crippen molar-refractivity contribution in [2.75, 3.05) is 33.0 Å². The van der Waals surface area contributed by atoms with Gasteiger partial charge in [0.2, 0.25) is 5.79 Å². The summed E-state index contributed by atoms with van der Waals surface area (Å²) >= 11 is 0. The lowest BCUT2D eigenvalue weighted by Crippen LogP contribution is -2.70. The van der Waals surface area contributed by atoms with Crippen LogP contribution in [0.4, 0.5) is 9.18 Å². The largest absolute Gasteiger partial charge is 0.489 e. The molecule has 1 heterocycles. The molecule has 1 amide bonds. The maximum atomic E-state index is 14.7. The molecule has 1 fully saturated rings. The van der Waals surface area contributed by atoms with E-state index in [1.54, 1.807) is 35.3 Å². The Morgan fingerprint density at radius 3 is 2.51 bits per heavy atom. The van der Waals surface area contributed by atoms with Gasteiger partial charge in [-0.25, -0.2) is 9.18 Å². The van der Waals surface area contributed by atoms with Gasteiger partial charge in [-0.05, 0) is 101 Å². The number of allylic oxidation sites excluding steroid dienone is 1. The molecular weight excluding hydrogens is 728 g/mol. The van der Waals surface area contributed by atoms with Gasteiger partial charge < -0.3 is 34.0 Å². The molecule has 1 saturated carbocycles. The van der Waals surface area contributed by atoms with Gasteiger partial charge in [-0.3, -0.25) is 4.90 Å². The normalized spacial score (nSPS) is 24.4. The molecule has 2 N–H and O–H groups in total. The Hall–Kier alpha value is -4.19.